The quantitative estimate of drug-likeness (QED) is 0.920. The Morgan fingerprint density at radius 2 is 1.83 bits per heavy atom. The smallest absolute Gasteiger partial charge is 0.229 e. The number of halogens is 1. The van der Waals surface area contributed by atoms with E-state index in [0.717, 1.165) is 6.20 Å². The fraction of sp³-hybridized carbons (Fsp3) is 0.389. The molecule has 5 nitrogen and oxygen atoms in total. The molecule has 2 aromatic rings. The normalized spacial score (nSPS) is 18.0. The van der Waals surface area contributed by atoms with Crippen LogP contribution in [0.4, 0.5) is 10.2 Å². The van der Waals surface area contributed by atoms with Gasteiger partial charge < -0.3 is 10.1 Å². The Morgan fingerprint density at radius 1 is 1.12 bits per heavy atom. The maximum absolute atomic E-state index is 13.1. The number of carbonyl (C=O) groups is 1. The molecule has 0 aliphatic heterocycles. The van der Waals surface area contributed by atoms with Crippen molar-refractivity contribution in [1.29, 1.82) is 0 Å². The van der Waals surface area contributed by atoms with Crippen LogP contribution in [0, 0.1) is 22.6 Å². The molecule has 1 saturated carbocycles. The number of ether oxygens (including phenoxy) is 1. The first-order chi connectivity index (χ1) is 11.2. The summed E-state index contributed by atoms with van der Waals surface area (Å²) in [6.45, 7) is 8.37. The lowest BCUT2D eigenvalue weighted by Crippen LogP contribution is -2.18. The standard InChI is InChI=1S/C18H20FN3O2/c1-17(2)15(18(17,3)4)16(23)22-14-6-5-12(10-21-14)24-13-7-11(19)8-20-9-13/h5-10,15H,1-4H3,(H,21,22,23). The first kappa shape index (κ1) is 16.4. The zero-order valence-electron chi connectivity index (χ0n) is 14.1. The highest BCUT2D eigenvalue weighted by Gasteiger charge is 2.68. The number of anilines is 1. The SMILES string of the molecule is CC1(C)C(C(=O)Nc2ccc(Oc3cncc(F)c3)cn2)C1(C)C. The number of pyridine rings is 2. The Morgan fingerprint density at radius 3 is 2.38 bits per heavy atom. The summed E-state index contributed by atoms with van der Waals surface area (Å²) in [5.41, 5.74) is -0.0466. The van der Waals surface area contributed by atoms with Gasteiger partial charge in [0.15, 0.2) is 0 Å². The van der Waals surface area contributed by atoms with Crippen molar-refractivity contribution in [3.63, 3.8) is 0 Å². The molecule has 3 rings (SSSR count). The van der Waals surface area contributed by atoms with Crippen LogP contribution >= 0.6 is 0 Å². The number of hydrogen-bond donors (Lipinski definition) is 1. The van der Waals surface area contributed by atoms with E-state index in [2.05, 4.69) is 43.0 Å². The van der Waals surface area contributed by atoms with Gasteiger partial charge in [-0.25, -0.2) is 9.37 Å². The van der Waals surface area contributed by atoms with Gasteiger partial charge in [-0.3, -0.25) is 9.78 Å². The first-order valence-corrected chi connectivity index (χ1v) is 7.77. The number of aromatic nitrogens is 2. The maximum atomic E-state index is 13.1. The molecule has 1 fully saturated rings. The average Bonchev–Trinajstić information content (AvgIpc) is 2.91. The minimum atomic E-state index is -0.473. The zero-order chi connectivity index (χ0) is 17.5. The highest BCUT2D eigenvalue weighted by atomic mass is 19.1. The van der Waals surface area contributed by atoms with Gasteiger partial charge in [0, 0.05) is 12.0 Å². The molecule has 0 atom stereocenters. The van der Waals surface area contributed by atoms with Gasteiger partial charge in [-0.1, -0.05) is 27.7 Å². The molecule has 0 unspecified atom stereocenters. The number of nitrogens with one attached hydrogen (secondary N) is 1. The lowest BCUT2D eigenvalue weighted by Gasteiger charge is -2.08. The molecular formula is C18H20FN3O2. The van der Waals surface area contributed by atoms with Crippen LogP contribution in [0.1, 0.15) is 27.7 Å². The summed E-state index contributed by atoms with van der Waals surface area (Å²) in [5, 5.41) is 2.84. The average molecular weight is 329 g/mol. The number of rotatable bonds is 4. The van der Waals surface area contributed by atoms with E-state index in [0.29, 0.717) is 11.6 Å². The van der Waals surface area contributed by atoms with Crippen molar-refractivity contribution in [2.24, 2.45) is 16.7 Å². The monoisotopic (exact) mass is 329 g/mol. The molecule has 1 amide bonds. The van der Waals surface area contributed by atoms with Crippen LogP contribution in [-0.2, 0) is 4.79 Å². The molecule has 2 heterocycles. The van der Waals surface area contributed by atoms with E-state index in [4.69, 9.17) is 4.74 Å². The number of amides is 1. The van der Waals surface area contributed by atoms with Crippen molar-refractivity contribution in [1.82, 2.24) is 9.97 Å². The van der Waals surface area contributed by atoms with Crippen LogP contribution in [-0.4, -0.2) is 15.9 Å². The minimum Gasteiger partial charge on any atom is -0.454 e. The van der Waals surface area contributed by atoms with E-state index in [1.807, 2.05) is 0 Å². The second-order valence-electron chi connectivity index (χ2n) is 7.19. The van der Waals surface area contributed by atoms with Crippen LogP contribution in [0.2, 0.25) is 0 Å². The van der Waals surface area contributed by atoms with E-state index in [1.165, 1.54) is 18.5 Å². The summed E-state index contributed by atoms with van der Waals surface area (Å²) >= 11 is 0. The van der Waals surface area contributed by atoms with Crippen molar-refractivity contribution < 1.29 is 13.9 Å². The lowest BCUT2D eigenvalue weighted by molar-refractivity contribution is -0.118. The number of nitrogens with zero attached hydrogens (tertiary/aromatic N) is 2. The third-order valence-corrected chi connectivity index (χ3v) is 5.19. The van der Waals surface area contributed by atoms with Crippen LogP contribution in [0.5, 0.6) is 11.5 Å². The maximum Gasteiger partial charge on any atom is 0.229 e. The van der Waals surface area contributed by atoms with Crippen LogP contribution in [0.25, 0.3) is 0 Å². The summed E-state index contributed by atoms with van der Waals surface area (Å²) in [5.74, 6) is 0.645. The van der Waals surface area contributed by atoms with E-state index in [1.54, 1.807) is 12.1 Å². The third kappa shape index (κ3) is 2.84. The third-order valence-electron chi connectivity index (χ3n) is 5.19. The Hall–Kier alpha value is -2.50. The van der Waals surface area contributed by atoms with E-state index in [9.17, 15) is 9.18 Å². The molecule has 0 aromatic carbocycles. The number of hydrogen-bond acceptors (Lipinski definition) is 4. The van der Waals surface area contributed by atoms with Gasteiger partial charge in [-0.05, 0) is 23.0 Å². The van der Waals surface area contributed by atoms with Crippen LogP contribution in [0.3, 0.4) is 0 Å². The Labute approximate surface area is 140 Å². The second-order valence-corrected chi connectivity index (χ2v) is 7.19. The van der Waals surface area contributed by atoms with Gasteiger partial charge in [-0.15, -0.1) is 0 Å². The molecule has 2 aromatic heterocycles. The van der Waals surface area contributed by atoms with E-state index >= 15 is 0 Å². The molecule has 1 aliphatic carbocycles. The lowest BCUT2D eigenvalue weighted by atomic mass is 10.0. The Bertz CT molecular complexity index is 758. The molecule has 0 bridgehead atoms. The van der Waals surface area contributed by atoms with Crippen molar-refractivity contribution in [2.75, 3.05) is 5.32 Å². The topological polar surface area (TPSA) is 64.1 Å². The first-order valence-electron chi connectivity index (χ1n) is 7.77. The fourth-order valence-corrected chi connectivity index (χ4v) is 3.15. The molecule has 0 saturated heterocycles. The summed E-state index contributed by atoms with van der Waals surface area (Å²) in [6, 6.07) is 4.55. The molecule has 0 spiro atoms. The van der Waals surface area contributed by atoms with Gasteiger partial charge in [-0.2, -0.15) is 0 Å². The van der Waals surface area contributed by atoms with Gasteiger partial charge in [0.1, 0.15) is 23.1 Å². The molecule has 126 valence electrons. The van der Waals surface area contributed by atoms with Crippen LogP contribution < -0.4 is 10.1 Å². The highest BCUT2D eigenvalue weighted by molar-refractivity contribution is 5.95. The molecule has 0 radical (unpaired) electrons. The summed E-state index contributed by atoms with van der Waals surface area (Å²) in [7, 11) is 0. The van der Waals surface area contributed by atoms with Crippen molar-refractivity contribution in [3.8, 4) is 11.5 Å². The van der Waals surface area contributed by atoms with Gasteiger partial charge >= 0.3 is 0 Å². The second kappa shape index (κ2) is 5.54. The molecule has 1 N–H and O–H groups in total. The zero-order valence-corrected chi connectivity index (χ0v) is 14.1. The Balaban J connectivity index is 1.64. The van der Waals surface area contributed by atoms with Crippen LogP contribution in [0.15, 0.2) is 36.8 Å². The van der Waals surface area contributed by atoms with E-state index < -0.39 is 5.82 Å². The Kier molecular flexibility index (Phi) is 3.78. The minimum absolute atomic E-state index is 0.0233. The summed E-state index contributed by atoms with van der Waals surface area (Å²) in [6.07, 6.45) is 3.99. The molecular weight excluding hydrogens is 309 g/mol. The predicted molar refractivity (Wildman–Crippen MR) is 88.2 cm³/mol. The van der Waals surface area contributed by atoms with Crippen molar-refractivity contribution in [3.05, 3.63) is 42.6 Å². The number of carbonyl (C=O) groups excluding carboxylic acids is 1. The summed E-state index contributed by atoms with van der Waals surface area (Å²) < 4.78 is 18.5. The van der Waals surface area contributed by atoms with Crippen molar-refractivity contribution in [2.45, 2.75) is 27.7 Å². The van der Waals surface area contributed by atoms with Crippen molar-refractivity contribution >= 4 is 11.7 Å². The predicted octanol–water partition coefficient (Wildman–Crippen LogP) is 4.03. The fourth-order valence-electron chi connectivity index (χ4n) is 3.15. The van der Waals surface area contributed by atoms with E-state index in [-0.39, 0.29) is 28.4 Å². The molecule has 1 aliphatic rings. The highest BCUT2D eigenvalue weighted by Crippen LogP contribution is 2.68. The largest absolute Gasteiger partial charge is 0.454 e. The molecule has 24 heavy (non-hydrogen) atoms. The van der Waals surface area contributed by atoms with Gasteiger partial charge in [0.05, 0.1) is 18.6 Å². The summed E-state index contributed by atoms with van der Waals surface area (Å²) in [4.78, 5) is 20.3. The van der Waals surface area contributed by atoms with Gasteiger partial charge in [0.2, 0.25) is 5.91 Å². The van der Waals surface area contributed by atoms with Gasteiger partial charge in [0.25, 0.3) is 0 Å². The molecule has 6 heteroatoms.